The van der Waals surface area contributed by atoms with Gasteiger partial charge in [0.25, 0.3) is 0 Å². The number of para-hydroxylation sites is 1. The molecule has 0 atom stereocenters. The molecule has 3 aromatic rings. The Kier molecular flexibility index (Phi) is 4.06. The molecule has 0 radical (unpaired) electrons. The molecule has 2 heterocycles. The number of aryl methyl sites for hydroxylation is 2. The molecule has 0 saturated heterocycles. The van der Waals surface area contributed by atoms with Crippen molar-refractivity contribution in [3.63, 3.8) is 0 Å². The van der Waals surface area contributed by atoms with Crippen molar-refractivity contribution in [2.24, 2.45) is 0 Å². The van der Waals surface area contributed by atoms with Crippen LogP contribution in [0.4, 0.5) is 5.13 Å². The molecule has 114 valence electrons. The first-order valence-corrected chi connectivity index (χ1v) is 7.71. The zero-order valence-corrected chi connectivity index (χ0v) is 13.2. The van der Waals surface area contributed by atoms with Crippen LogP contribution in [0, 0.1) is 6.92 Å². The molecule has 0 aliphatic carbocycles. The number of fused-ring (bicyclic) bond motifs is 1. The summed E-state index contributed by atoms with van der Waals surface area (Å²) in [5.74, 6) is 0.732. The Bertz CT molecular complexity index is 809. The van der Waals surface area contributed by atoms with Gasteiger partial charge in [0.05, 0.1) is 12.6 Å². The summed E-state index contributed by atoms with van der Waals surface area (Å²) in [5.41, 5.74) is 1.00. The van der Waals surface area contributed by atoms with Crippen LogP contribution in [0.5, 0.6) is 5.75 Å². The molecule has 0 aliphatic heterocycles. The van der Waals surface area contributed by atoms with E-state index in [1.54, 1.807) is 7.11 Å². The third-order valence-electron chi connectivity index (χ3n) is 3.32. The number of carbonyl (C=O) groups is 1. The molecular weight excluding hydrogens is 300 g/mol. The maximum Gasteiger partial charge on any atom is 0.227 e. The lowest BCUT2D eigenvalue weighted by molar-refractivity contribution is -0.116. The number of nitrogens with one attached hydrogen (secondary N) is 1. The van der Waals surface area contributed by atoms with E-state index in [9.17, 15) is 4.79 Å². The van der Waals surface area contributed by atoms with Gasteiger partial charge in [-0.15, -0.1) is 10.2 Å². The smallest absolute Gasteiger partial charge is 0.227 e. The molecule has 1 amide bonds. The van der Waals surface area contributed by atoms with Gasteiger partial charge in [-0.25, -0.2) is 0 Å². The number of ether oxygens (including phenoxy) is 1. The highest BCUT2D eigenvalue weighted by Crippen LogP contribution is 2.26. The maximum atomic E-state index is 12.0. The lowest BCUT2D eigenvalue weighted by Crippen LogP contribution is -2.14. The molecule has 22 heavy (non-hydrogen) atoms. The van der Waals surface area contributed by atoms with E-state index < -0.39 is 0 Å². The van der Waals surface area contributed by atoms with E-state index in [0.717, 1.165) is 21.7 Å². The summed E-state index contributed by atoms with van der Waals surface area (Å²) in [7, 11) is 1.65. The Morgan fingerprint density at radius 2 is 2.23 bits per heavy atom. The number of amides is 1. The van der Waals surface area contributed by atoms with Gasteiger partial charge in [0.15, 0.2) is 0 Å². The molecule has 0 unspecified atom stereocenters. The third kappa shape index (κ3) is 2.94. The third-order valence-corrected chi connectivity index (χ3v) is 4.08. The molecule has 0 spiro atoms. The predicted octanol–water partition coefficient (Wildman–Crippen LogP) is 2.84. The molecule has 2 aromatic heterocycles. The van der Waals surface area contributed by atoms with Crippen LogP contribution in [0.1, 0.15) is 11.4 Å². The van der Waals surface area contributed by atoms with Crippen LogP contribution in [0.15, 0.2) is 30.5 Å². The zero-order valence-electron chi connectivity index (χ0n) is 12.4. The quantitative estimate of drug-likeness (QED) is 0.786. The fraction of sp³-hybridized carbons (Fsp3) is 0.267. The fourth-order valence-corrected chi connectivity index (χ4v) is 2.94. The van der Waals surface area contributed by atoms with Crippen molar-refractivity contribution in [1.82, 2.24) is 14.8 Å². The average Bonchev–Trinajstić information content (AvgIpc) is 3.11. The van der Waals surface area contributed by atoms with Gasteiger partial charge < -0.3 is 14.6 Å². The lowest BCUT2D eigenvalue weighted by atomic mass is 10.2. The van der Waals surface area contributed by atoms with Crippen LogP contribution < -0.4 is 10.1 Å². The zero-order chi connectivity index (χ0) is 15.5. The van der Waals surface area contributed by atoms with Crippen LogP contribution in [0.2, 0.25) is 0 Å². The molecule has 6 nitrogen and oxygen atoms in total. The Labute approximate surface area is 131 Å². The second-order valence-electron chi connectivity index (χ2n) is 4.83. The monoisotopic (exact) mass is 316 g/mol. The minimum absolute atomic E-state index is 0.0760. The number of aromatic nitrogens is 3. The van der Waals surface area contributed by atoms with Gasteiger partial charge in [-0.2, -0.15) is 0 Å². The standard InChI is InChI=1S/C15H16N4O2S/c1-10-17-18-15(22-10)16-13(20)7-9-19-8-6-11-4-3-5-12(21-2)14(11)19/h3-6,8H,7,9H2,1-2H3,(H,16,18,20). The van der Waals surface area contributed by atoms with Crippen molar-refractivity contribution >= 4 is 33.3 Å². The molecular formula is C15H16N4O2S. The second-order valence-corrected chi connectivity index (χ2v) is 6.01. The second kappa shape index (κ2) is 6.15. The molecule has 0 aliphatic rings. The van der Waals surface area contributed by atoms with E-state index in [1.807, 2.05) is 42.0 Å². The van der Waals surface area contributed by atoms with Crippen LogP contribution in [-0.4, -0.2) is 27.8 Å². The molecule has 0 fully saturated rings. The Morgan fingerprint density at radius 3 is 2.95 bits per heavy atom. The summed E-state index contributed by atoms with van der Waals surface area (Å²) in [5, 5.41) is 13.0. The van der Waals surface area contributed by atoms with Crippen molar-refractivity contribution in [3.05, 3.63) is 35.5 Å². The predicted molar refractivity (Wildman–Crippen MR) is 86.4 cm³/mol. The van der Waals surface area contributed by atoms with E-state index in [0.29, 0.717) is 18.1 Å². The highest BCUT2D eigenvalue weighted by atomic mass is 32.1. The van der Waals surface area contributed by atoms with Crippen LogP contribution in [0.25, 0.3) is 10.9 Å². The molecule has 0 bridgehead atoms. The molecule has 0 saturated carbocycles. The van der Waals surface area contributed by atoms with Gasteiger partial charge in [-0.05, 0) is 19.1 Å². The highest BCUT2D eigenvalue weighted by molar-refractivity contribution is 7.15. The average molecular weight is 316 g/mol. The van der Waals surface area contributed by atoms with Gasteiger partial charge in [0.1, 0.15) is 10.8 Å². The summed E-state index contributed by atoms with van der Waals surface area (Å²) in [6.45, 7) is 2.43. The van der Waals surface area contributed by atoms with Gasteiger partial charge in [-0.1, -0.05) is 23.5 Å². The van der Waals surface area contributed by atoms with E-state index >= 15 is 0 Å². The summed E-state index contributed by atoms with van der Waals surface area (Å²) < 4.78 is 7.42. The Morgan fingerprint density at radius 1 is 1.36 bits per heavy atom. The molecule has 1 N–H and O–H groups in total. The minimum atomic E-state index is -0.0760. The van der Waals surface area contributed by atoms with Crippen molar-refractivity contribution in [2.45, 2.75) is 19.9 Å². The molecule has 1 aromatic carbocycles. The van der Waals surface area contributed by atoms with Crippen LogP contribution in [-0.2, 0) is 11.3 Å². The number of carbonyl (C=O) groups excluding carboxylic acids is 1. The van der Waals surface area contributed by atoms with Crippen molar-refractivity contribution < 1.29 is 9.53 Å². The van der Waals surface area contributed by atoms with Gasteiger partial charge in [-0.3, -0.25) is 4.79 Å². The first-order valence-electron chi connectivity index (χ1n) is 6.89. The van der Waals surface area contributed by atoms with Crippen LogP contribution >= 0.6 is 11.3 Å². The molecule has 7 heteroatoms. The number of nitrogens with zero attached hydrogens (tertiary/aromatic N) is 3. The topological polar surface area (TPSA) is 69.0 Å². The highest BCUT2D eigenvalue weighted by Gasteiger charge is 2.10. The molecule has 3 rings (SSSR count). The Balaban J connectivity index is 1.70. The summed E-state index contributed by atoms with van der Waals surface area (Å²) in [6.07, 6.45) is 2.33. The number of hydrogen-bond acceptors (Lipinski definition) is 5. The Hall–Kier alpha value is -2.41. The van der Waals surface area contributed by atoms with E-state index in [2.05, 4.69) is 15.5 Å². The number of methoxy groups -OCH3 is 1. The van der Waals surface area contributed by atoms with Crippen molar-refractivity contribution in [2.75, 3.05) is 12.4 Å². The van der Waals surface area contributed by atoms with Crippen LogP contribution in [0.3, 0.4) is 0 Å². The summed E-state index contributed by atoms with van der Waals surface area (Å²) >= 11 is 1.37. The first-order chi connectivity index (χ1) is 10.7. The summed E-state index contributed by atoms with van der Waals surface area (Å²) in [4.78, 5) is 12.0. The van der Waals surface area contributed by atoms with Gasteiger partial charge in [0, 0.05) is 24.5 Å². The first kappa shape index (κ1) is 14.5. The lowest BCUT2D eigenvalue weighted by Gasteiger charge is -2.08. The largest absolute Gasteiger partial charge is 0.495 e. The number of hydrogen-bond donors (Lipinski definition) is 1. The van der Waals surface area contributed by atoms with E-state index in [4.69, 9.17) is 4.74 Å². The fourth-order valence-electron chi connectivity index (χ4n) is 2.33. The normalized spacial score (nSPS) is 10.8. The minimum Gasteiger partial charge on any atom is -0.495 e. The SMILES string of the molecule is COc1cccc2ccn(CCC(=O)Nc3nnc(C)s3)c12. The number of anilines is 1. The van der Waals surface area contributed by atoms with Crippen molar-refractivity contribution in [3.8, 4) is 5.75 Å². The van der Waals surface area contributed by atoms with Gasteiger partial charge >= 0.3 is 0 Å². The number of rotatable bonds is 5. The number of benzene rings is 1. The van der Waals surface area contributed by atoms with Crippen molar-refractivity contribution in [1.29, 1.82) is 0 Å². The maximum absolute atomic E-state index is 12.0. The van der Waals surface area contributed by atoms with E-state index in [1.165, 1.54) is 11.3 Å². The summed E-state index contributed by atoms with van der Waals surface area (Å²) in [6, 6.07) is 7.92. The van der Waals surface area contributed by atoms with E-state index in [-0.39, 0.29) is 5.91 Å². The van der Waals surface area contributed by atoms with Gasteiger partial charge in [0.2, 0.25) is 11.0 Å².